The molecule has 0 bridgehead atoms. The molecule has 1 heterocycles. The second-order valence-corrected chi connectivity index (χ2v) is 6.34. The maximum absolute atomic E-state index is 12.3. The van der Waals surface area contributed by atoms with E-state index in [0.29, 0.717) is 12.5 Å². The summed E-state index contributed by atoms with van der Waals surface area (Å²) < 4.78 is 11.0. The van der Waals surface area contributed by atoms with Crippen molar-refractivity contribution in [2.45, 2.75) is 32.8 Å². The number of amides is 2. The Kier molecular flexibility index (Phi) is 6.71. The zero-order chi connectivity index (χ0) is 16.7. The largest absolute Gasteiger partial charge is 0.489 e. The van der Waals surface area contributed by atoms with Crippen molar-refractivity contribution >= 4 is 6.03 Å². The van der Waals surface area contributed by atoms with Crippen molar-refractivity contribution in [1.29, 1.82) is 0 Å². The molecule has 23 heavy (non-hydrogen) atoms. The molecule has 1 aromatic rings. The van der Waals surface area contributed by atoms with E-state index in [0.717, 1.165) is 38.3 Å². The topological polar surface area (TPSA) is 50.8 Å². The average Bonchev–Trinajstić information content (AvgIpc) is 2.55. The van der Waals surface area contributed by atoms with Gasteiger partial charge in [0.1, 0.15) is 11.9 Å². The minimum atomic E-state index is -0.0683. The van der Waals surface area contributed by atoms with Gasteiger partial charge in [0.15, 0.2) is 0 Å². The lowest BCUT2D eigenvalue weighted by molar-refractivity contribution is 0.0992. The Morgan fingerprint density at radius 2 is 2.13 bits per heavy atom. The number of carbonyl (C=O) groups is 1. The normalized spacial score (nSPS) is 19.3. The summed E-state index contributed by atoms with van der Waals surface area (Å²) in [5.41, 5.74) is 1.20. The molecule has 0 aromatic heterocycles. The molecule has 1 fully saturated rings. The molecule has 2 atom stereocenters. The molecule has 2 rings (SSSR count). The van der Waals surface area contributed by atoms with Crippen molar-refractivity contribution in [3.63, 3.8) is 0 Å². The lowest BCUT2D eigenvalue weighted by Gasteiger charge is -2.32. The lowest BCUT2D eigenvalue weighted by atomic mass is 9.99. The second kappa shape index (κ2) is 8.77. The van der Waals surface area contributed by atoms with Gasteiger partial charge >= 0.3 is 6.03 Å². The van der Waals surface area contributed by atoms with Crippen molar-refractivity contribution < 1.29 is 14.3 Å². The first kappa shape index (κ1) is 17.6. The van der Waals surface area contributed by atoms with E-state index in [1.807, 2.05) is 43.0 Å². The molecule has 1 aromatic carbocycles. The van der Waals surface area contributed by atoms with Crippen molar-refractivity contribution in [3.05, 3.63) is 29.8 Å². The number of piperidine rings is 1. The molecular formula is C18H28N2O3. The second-order valence-electron chi connectivity index (χ2n) is 6.34. The van der Waals surface area contributed by atoms with E-state index in [9.17, 15) is 4.79 Å². The van der Waals surface area contributed by atoms with Gasteiger partial charge in [0.05, 0.1) is 13.2 Å². The molecule has 0 spiro atoms. The fourth-order valence-electron chi connectivity index (χ4n) is 2.85. The number of methoxy groups -OCH3 is 1. The van der Waals surface area contributed by atoms with Crippen molar-refractivity contribution in [2.75, 3.05) is 33.4 Å². The first-order valence-corrected chi connectivity index (χ1v) is 8.33. The molecule has 5 heteroatoms. The number of rotatable bonds is 6. The van der Waals surface area contributed by atoms with Crippen LogP contribution in [0, 0.1) is 12.8 Å². The predicted molar refractivity (Wildman–Crippen MR) is 90.8 cm³/mol. The van der Waals surface area contributed by atoms with Crippen LogP contribution in [0.1, 0.15) is 25.3 Å². The molecule has 1 saturated heterocycles. The first-order valence-electron chi connectivity index (χ1n) is 8.33. The summed E-state index contributed by atoms with van der Waals surface area (Å²) in [4.78, 5) is 14.1. The predicted octanol–water partition coefficient (Wildman–Crippen LogP) is 2.83. The van der Waals surface area contributed by atoms with Crippen LogP contribution in [0.15, 0.2) is 24.3 Å². The van der Waals surface area contributed by atoms with Crippen LogP contribution in [-0.2, 0) is 4.74 Å². The Hall–Kier alpha value is -1.75. The zero-order valence-electron chi connectivity index (χ0n) is 14.4. The monoisotopic (exact) mass is 320 g/mol. The summed E-state index contributed by atoms with van der Waals surface area (Å²) >= 11 is 0. The number of carbonyl (C=O) groups excluding carboxylic acids is 1. The Morgan fingerprint density at radius 1 is 1.39 bits per heavy atom. The van der Waals surface area contributed by atoms with Gasteiger partial charge in [0, 0.05) is 26.1 Å². The molecule has 0 unspecified atom stereocenters. The van der Waals surface area contributed by atoms with Gasteiger partial charge in [-0.15, -0.1) is 0 Å². The van der Waals surface area contributed by atoms with Gasteiger partial charge in [-0.3, -0.25) is 0 Å². The molecule has 0 aliphatic carbocycles. The van der Waals surface area contributed by atoms with Crippen LogP contribution < -0.4 is 10.1 Å². The van der Waals surface area contributed by atoms with Gasteiger partial charge in [-0.05, 0) is 38.8 Å². The van der Waals surface area contributed by atoms with E-state index in [2.05, 4.69) is 5.32 Å². The van der Waals surface area contributed by atoms with Crippen LogP contribution in [0.2, 0.25) is 0 Å². The van der Waals surface area contributed by atoms with Gasteiger partial charge in [0.2, 0.25) is 0 Å². The minimum Gasteiger partial charge on any atom is -0.489 e. The van der Waals surface area contributed by atoms with Gasteiger partial charge in [0.25, 0.3) is 0 Å². The number of urea groups is 1. The molecule has 1 aliphatic rings. The number of nitrogens with zero attached hydrogens (tertiary/aromatic N) is 1. The Labute approximate surface area is 139 Å². The molecule has 1 aliphatic heterocycles. The summed E-state index contributed by atoms with van der Waals surface area (Å²) in [5, 5.41) is 2.97. The molecule has 2 amide bonds. The summed E-state index contributed by atoms with van der Waals surface area (Å²) in [6.07, 6.45) is 2.10. The molecule has 128 valence electrons. The Bertz CT molecular complexity index is 488. The van der Waals surface area contributed by atoms with Gasteiger partial charge in [-0.1, -0.05) is 17.7 Å². The molecule has 0 radical (unpaired) electrons. The zero-order valence-corrected chi connectivity index (χ0v) is 14.4. The number of hydrogen-bond donors (Lipinski definition) is 1. The van der Waals surface area contributed by atoms with E-state index in [4.69, 9.17) is 9.47 Å². The summed E-state index contributed by atoms with van der Waals surface area (Å²) in [6, 6.07) is 7.93. The number of aryl methyl sites for hydroxylation is 1. The van der Waals surface area contributed by atoms with E-state index in [1.54, 1.807) is 7.11 Å². The standard InChI is InChI=1S/C18H28N2O3/c1-14-6-8-17(9-7-14)23-15(2)11-19-18(21)20-10-4-5-16(12-20)13-22-3/h6-9,15-16H,4-5,10-13H2,1-3H3,(H,19,21)/t15-,16-/m0/s1. The highest BCUT2D eigenvalue weighted by Crippen LogP contribution is 2.17. The lowest BCUT2D eigenvalue weighted by Crippen LogP contribution is -2.48. The number of nitrogens with one attached hydrogen (secondary N) is 1. The first-order chi connectivity index (χ1) is 11.1. The molecule has 1 N–H and O–H groups in total. The molecule has 0 saturated carbocycles. The maximum atomic E-state index is 12.3. The third-order valence-electron chi connectivity index (χ3n) is 4.11. The van der Waals surface area contributed by atoms with Gasteiger partial charge in [-0.25, -0.2) is 4.79 Å². The highest BCUT2D eigenvalue weighted by molar-refractivity contribution is 5.74. The third kappa shape index (κ3) is 5.75. The number of benzene rings is 1. The summed E-state index contributed by atoms with van der Waals surface area (Å²) in [7, 11) is 1.71. The highest BCUT2D eigenvalue weighted by atomic mass is 16.5. The van der Waals surface area contributed by atoms with Crippen LogP contribution in [0.4, 0.5) is 4.79 Å². The maximum Gasteiger partial charge on any atom is 0.317 e. The average molecular weight is 320 g/mol. The van der Waals surface area contributed by atoms with E-state index >= 15 is 0 Å². The molecular weight excluding hydrogens is 292 g/mol. The van der Waals surface area contributed by atoms with E-state index < -0.39 is 0 Å². The van der Waals surface area contributed by atoms with Crippen LogP contribution in [0.3, 0.4) is 0 Å². The summed E-state index contributed by atoms with van der Waals surface area (Å²) in [6.45, 7) is 6.81. The van der Waals surface area contributed by atoms with Gasteiger partial charge in [-0.2, -0.15) is 0 Å². The quantitative estimate of drug-likeness (QED) is 0.877. The minimum absolute atomic E-state index is 0.00911. The van der Waals surface area contributed by atoms with E-state index in [-0.39, 0.29) is 12.1 Å². The number of likely N-dealkylation sites (tertiary alicyclic amines) is 1. The van der Waals surface area contributed by atoms with Gasteiger partial charge < -0.3 is 19.7 Å². The van der Waals surface area contributed by atoms with Crippen LogP contribution >= 0.6 is 0 Å². The Morgan fingerprint density at radius 3 is 2.83 bits per heavy atom. The number of hydrogen-bond acceptors (Lipinski definition) is 3. The third-order valence-corrected chi connectivity index (χ3v) is 4.11. The fraction of sp³-hybridized carbons (Fsp3) is 0.611. The van der Waals surface area contributed by atoms with Crippen LogP contribution in [-0.4, -0.2) is 50.4 Å². The van der Waals surface area contributed by atoms with Crippen molar-refractivity contribution in [1.82, 2.24) is 10.2 Å². The SMILES string of the molecule is COC[C@H]1CCCN(C(=O)NC[C@H](C)Oc2ccc(C)cc2)C1. The fourth-order valence-corrected chi connectivity index (χ4v) is 2.85. The molecule has 5 nitrogen and oxygen atoms in total. The summed E-state index contributed by atoms with van der Waals surface area (Å²) in [5.74, 6) is 1.27. The van der Waals surface area contributed by atoms with Crippen molar-refractivity contribution in [2.24, 2.45) is 5.92 Å². The highest BCUT2D eigenvalue weighted by Gasteiger charge is 2.23. The van der Waals surface area contributed by atoms with Crippen LogP contribution in [0.5, 0.6) is 5.75 Å². The Balaban J connectivity index is 1.73. The van der Waals surface area contributed by atoms with Crippen molar-refractivity contribution in [3.8, 4) is 5.75 Å². The van der Waals surface area contributed by atoms with E-state index in [1.165, 1.54) is 5.56 Å². The number of ether oxygens (including phenoxy) is 2. The smallest absolute Gasteiger partial charge is 0.317 e. The van der Waals surface area contributed by atoms with Crippen LogP contribution in [0.25, 0.3) is 0 Å².